The third-order valence-corrected chi connectivity index (χ3v) is 7.23. The standard InChI is InChI=1S/C19H23N3OS/c1-12-2-3-14-8-13(4-6-21(12)14)18(23)9-16-19-15(5-7-24-19)17-10-20-11-22(16)17/h5,7,10-11,13-14,16,18,23H,1-4,6,8-9H2/t13-,14-,16+,18-/m0/s1. The molecule has 0 spiro atoms. The average Bonchev–Trinajstić information content (AvgIpc) is 3.33. The molecule has 2 fully saturated rings. The molecule has 2 saturated heterocycles. The number of thiophene rings is 1. The number of nitrogens with zero attached hydrogens (tertiary/aromatic N) is 3. The molecular formula is C19H23N3OS. The molecule has 0 aromatic carbocycles. The lowest BCUT2D eigenvalue weighted by Crippen LogP contribution is -2.41. The highest BCUT2D eigenvalue weighted by molar-refractivity contribution is 7.10. The lowest BCUT2D eigenvalue weighted by molar-refractivity contribution is 0.0404. The minimum atomic E-state index is -0.241. The molecule has 5 heteroatoms. The Morgan fingerprint density at radius 2 is 2.33 bits per heavy atom. The van der Waals surface area contributed by atoms with Gasteiger partial charge in [-0.15, -0.1) is 11.3 Å². The van der Waals surface area contributed by atoms with Gasteiger partial charge in [-0.1, -0.05) is 6.58 Å². The van der Waals surface area contributed by atoms with Crippen LogP contribution in [0.4, 0.5) is 0 Å². The molecular weight excluding hydrogens is 318 g/mol. The maximum atomic E-state index is 11.0. The summed E-state index contributed by atoms with van der Waals surface area (Å²) in [4.78, 5) is 8.18. The molecule has 2 aromatic rings. The van der Waals surface area contributed by atoms with E-state index in [-0.39, 0.29) is 12.1 Å². The van der Waals surface area contributed by atoms with Crippen molar-refractivity contribution in [3.63, 3.8) is 0 Å². The highest BCUT2D eigenvalue weighted by atomic mass is 32.1. The summed E-state index contributed by atoms with van der Waals surface area (Å²) in [5.41, 5.74) is 3.80. The normalized spacial score (nSPS) is 29.5. The van der Waals surface area contributed by atoms with Crippen molar-refractivity contribution in [1.29, 1.82) is 0 Å². The maximum Gasteiger partial charge on any atom is 0.0957 e. The van der Waals surface area contributed by atoms with Crippen LogP contribution in [0, 0.1) is 5.92 Å². The number of allylic oxidation sites excluding steroid dienone is 1. The van der Waals surface area contributed by atoms with E-state index in [2.05, 4.69) is 32.5 Å². The van der Waals surface area contributed by atoms with Crippen molar-refractivity contribution in [3.8, 4) is 11.3 Å². The molecule has 1 N–H and O–H groups in total. The Kier molecular flexibility index (Phi) is 3.35. The van der Waals surface area contributed by atoms with Crippen LogP contribution in [0.15, 0.2) is 36.2 Å². The first-order chi connectivity index (χ1) is 11.7. The molecule has 0 bridgehead atoms. The van der Waals surface area contributed by atoms with Crippen molar-refractivity contribution >= 4 is 11.3 Å². The summed E-state index contributed by atoms with van der Waals surface area (Å²) in [7, 11) is 0. The first kappa shape index (κ1) is 14.7. The molecule has 0 radical (unpaired) electrons. The molecule has 126 valence electrons. The zero-order valence-corrected chi connectivity index (χ0v) is 14.6. The zero-order valence-electron chi connectivity index (χ0n) is 13.8. The number of hydrogen-bond acceptors (Lipinski definition) is 4. The summed E-state index contributed by atoms with van der Waals surface area (Å²) >= 11 is 1.81. The third-order valence-electron chi connectivity index (χ3n) is 6.21. The molecule has 4 atom stereocenters. The number of hydrogen-bond donors (Lipinski definition) is 1. The monoisotopic (exact) mass is 341 g/mol. The van der Waals surface area contributed by atoms with Crippen LogP contribution >= 0.6 is 11.3 Å². The summed E-state index contributed by atoms with van der Waals surface area (Å²) in [5.74, 6) is 0.410. The van der Waals surface area contributed by atoms with E-state index < -0.39 is 0 Å². The van der Waals surface area contributed by atoms with Crippen LogP contribution < -0.4 is 0 Å². The van der Waals surface area contributed by atoms with Crippen LogP contribution in [0.1, 0.15) is 43.0 Å². The Bertz CT molecular complexity index is 739. The highest BCUT2D eigenvalue weighted by Crippen LogP contribution is 2.46. The smallest absolute Gasteiger partial charge is 0.0957 e. The van der Waals surface area contributed by atoms with E-state index in [9.17, 15) is 5.11 Å². The van der Waals surface area contributed by atoms with Crippen molar-refractivity contribution in [2.24, 2.45) is 5.92 Å². The van der Waals surface area contributed by atoms with Crippen molar-refractivity contribution in [2.45, 2.75) is 50.3 Å². The fourth-order valence-corrected chi connectivity index (χ4v) is 5.94. The summed E-state index contributed by atoms with van der Waals surface area (Å²) in [5, 5.41) is 13.1. The van der Waals surface area contributed by atoms with Crippen molar-refractivity contribution in [1.82, 2.24) is 14.5 Å². The zero-order chi connectivity index (χ0) is 16.3. The van der Waals surface area contributed by atoms with Crippen molar-refractivity contribution in [3.05, 3.63) is 41.1 Å². The summed E-state index contributed by atoms with van der Waals surface area (Å²) < 4.78 is 2.25. The van der Waals surface area contributed by atoms with E-state index in [1.54, 1.807) is 11.3 Å². The molecule has 5 rings (SSSR count). The van der Waals surface area contributed by atoms with Gasteiger partial charge in [0, 0.05) is 28.7 Å². The van der Waals surface area contributed by atoms with Crippen LogP contribution in [-0.4, -0.2) is 38.2 Å². The Labute approximate surface area is 146 Å². The Morgan fingerprint density at radius 3 is 3.25 bits per heavy atom. The van der Waals surface area contributed by atoms with Crippen LogP contribution in [-0.2, 0) is 0 Å². The van der Waals surface area contributed by atoms with Crippen LogP contribution in [0.2, 0.25) is 0 Å². The second kappa shape index (κ2) is 5.46. The minimum Gasteiger partial charge on any atom is -0.393 e. The number of imidazole rings is 1. The minimum absolute atomic E-state index is 0.241. The first-order valence-corrected chi connectivity index (χ1v) is 9.82. The summed E-state index contributed by atoms with van der Waals surface area (Å²) in [6, 6.07) is 3.04. The van der Waals surface area contributed by atoms with Gasteiger partial charge in [-0.3, -0.25) is 0 Å². The van der Waals surface area contributed by atoms with Crippen LogP contribution in [0.3, 0.4) is 0 Å². The fourth-order valence-electron chi connectivity index (χ4n) is 4.92. The lowest BCUT2D eigenvalue weighted by Gasteiger charge is -2.39. The van der Waals surface area contributed by atoms with Gasteiger partial charge in [-0.25, -0.2) is 4.98 Å². The van der Waals surface area contributed by atoms with Crippen LogP contribution in [0.25, 0.3) is 11.3 Å². The highest BCUT2D eigenvalue weighted by Gasteiger charge is 2.38. The molecule has 3 aliphatic rings. The van der Waals surface area contributed by atoms with Gasteiger partial charge in [0.05, 0.1) is 30.4 Å². The second-order valence-corrected chi connectivity index (χ2v) is 8.39. The van der Waals surface area contributed by atoms with Crippen molar-refractivity contribution in [2.75, 3.05) is 6.54 Å². The van der Waals surface area contributed by atoms with Gasteiger partial charge in [0.1, 0.15) is 0 Å². The molecule has 0 unspecified atom stereocenters. The predicted molar refractivity (Wildman–Crippen MR) is 95.9 cm³/mol. The molecule has 2 aromatic heterocycles. The summed E-state index contributed by atoms with van der Waals surface area (Å²) in [6.45, 7) is 5.25. The molecule has 0 aliphatic carbocycles. The number of aliphatic hydroxyl groups is 1. The average molecular weight is 341 g/mol. The Hall–Kier alpha value is -1.59. The van der Waals surface area contributed by atoms with Crippen molar-refractivity contribution < 1.29 is 5.11 Å². The molecule has 0 amide bonds. The van der Waals surface area contributed by atoms with E-state index in [0.29, 0.717) is 12.0 Å². The van der Waals surface area contributed by atoms with E-state index in [1.807, 2.05) is 12.5 Å². The number of rotatable bonds is 3. The number of fused-ring (bicyclic) bond motifs is 4. The van der Waals surface area contributed by atoms with E-state index in [4.69, 9.17) is 0 Å². The van der Waals surface area contributed by atoms with Crippen LogP contribution in [0.5, 0.6) is 0 Å². The predicted octanol–water partition coefficient (Wildman–Crippen LogP) is 3.65. The number of piperidine rings is 1. The third kappa shape index (κ3) is 2.11. The van der Waals surface area contributed by atoms with Gasteiger partial charge < -0.3 is 14.6 Å². The molecule has 5 heterocycles. The second-order valence-electron chi connectivity index (χ2n) is 7.44. The van der Waals surface area contributed by atoms with E-state index in [0.717, 1.165) is 32.2 Å². The van der Waals surface area contributed by atoms with Gasteiger partial charge in [-0.05, 0) is 49.5 Å². The molecule has 0 saturated carbocycles. The Balaban J connectivity index is 1.33. The van der Waals surface area contributed by atoms with Gasteiger partial charge >= 0.3 is 0 Å². The Morgan fingerprint density at radius 1 is 1.42 bits per heavy atom. The molecule has 3 aliphatic heterocycles. The lowest BCUT2D eigenvalue weighted by atomic mass is 9.84. The molecule has 4 nitrogen and oxygen atoms in total. The maximum absolute atomic E-state index is 11.0. The van der Waals surface area contributed by atoms with Gasteiger partial charge in [0.2, 0.25) is 0 Å². The number of aromatic nitrogens is 2. The SMILES string of the molecule is C=C1CC[C@H]2C[C@@H]([C@@H](O)C[C@@H]3c4sccc4-c4cncn43)CCN12. The largest absolute Gasteiger partial charge is 0.393 e. The van der Waals surface area contributed by atoms with Gasteiger partial charge in [-0.2, -0.15) is 0 Å². The topological polar surface area (TPSA) is 41.3 Å². The van der Waals surface area contributed by atoms with E-state index in [1.165, 1.54) is 28.3 Å². The van der Waals surface area contributed by atoms with Gasteiger partial charge in [0.25, 0.3) is 0 Å². The quantitative estimate of drug-likeness (QED) is 0.926. The first-order valence-electron chi connectivity index (χ1n) is 8.94. The van der Waals surface area contributed by atoms with E-state index >= 15 is 0 Å². The molecule has 24 heavy (non-hydrogen) atoms. The number of aliphatic hydroxyl groups excluding tert-OH is 1. The van der Waals surface area contributed by atoms with Gasteiger partial charge in [0.15, 0.2) is 0 Å². The summed E-state index contributed by atoms with van der Waals surface area (Å²) in [6.07, 6.45) is 8.96. The fraction of sp³-hybridized carbons (Fsp3) is 0.526.